The Morgan fingerprint density at radius 3 is 2.90 bits per heavy atom. The topological polar surface area (TPSA) is 42.4 Å². The van der Waals surface area contributed by atoms with E-state index in [2.05, 4.69) is 24.6 Å². The average Bonchev–Trinajstić information content (AvgIpc) is 2.36. The van der Waals surface area contributed by atoms with E-state index in [9.17, 15) is 4.79 Å². The Bertz CT molecular complexity index is 502. The number of rotatable bonds is 3. The molecule has 1 aromatic heterocycles. The SMILES string of the molecule is C[Si](C)(C)CCOC(=O)N1CCc2nc(Cl)ccc2C1. The molecule has 0 unspecified atom stereocenters. The van der Waals surface area contributed by atoms with Gasteiger partial charge in [0.2, 0.25) is 0 Å². The smallest absolute Gasteiger partial charge is 0.410 e. The van der Waals surface area contributed by atoms with Crippen LogP contribution in [0.25, 0.3) is 0 Å². The van der Waals surface area contributed by atoms with Crippen LogP contribution >= 0.6 is 11.6 Å². The zero-order chi connectivity index (χ0) is 14.8. The number of nitrogens with zero attached hydrogens (tertiary/aromatic N) is 2. The van der Waals surface area contributed by atoms with Crippen molar-refractivity contribution in [3.05, 3.63) is 28.5 Å². The Morgan fingerprint density at radius 2 is 2.20 bits per heavy atom. The van der Waals surface area contributed by atoms with Crippen molar-refractivity contribution in [3.63, 3.8) is 0 Å². The molecule has 0 atom stereocenters. The van der Waals surface area contributed by atoms with Crippen molar-refractivity contribution in [2.75, 3.05) is 13.2 Å². The van der Waals surface area contributed by atoms with Crippen molar-refractivity contribution >= 4 is 25.8 Å². The number of ether oxygens (including phenoxy) is 1. The lowest BCUT2D eigenvalue weighted by Crippen LogP contribution is -2.37. The Labute approximate surface area is 126 Å². The van der Waals surface area contributed by atoms with Gasteiger partial charge in [0.15, 0.2) is 0 Å². The van der Waals surface area contributed by atoms with Gasteiger partial charge in [-0.1, -0.05) is 37.3 Å². The lowest BCUT2D eigenvalue weighted by Gasteiger charge is -2.28. The first kappa shape index (κ1) is 15.3. The summed E-state index contributed by atoms with van der Waals surface area (Å²) in [6.45, 7) is 8.54. The van der Waals surface area contributed by atoms with Crippen LogP contribution in [0, 0.1) is 0 Å². The van der Waals surface area contributed by atoms with E-state index < -0.39 is 8.07 Å². The molecule has 0 fully saturated rings. The number of amides is 1. The summed E-state index contributed by atoms with van der Waals surface area (Å²) in [5, 5.41) is 0.509. The van der Waals surface area contributed by atoms with Crippen LogP contribution in [0.1, 0.15) is 11.3 Å². The van der Waals surface area contributed by atoms with Gasteiger partial charge < -0.3 is 9.64 Å². The summed E-state index contributed by atoms with van der Waals surface area (Å²) in [7, 11) is -1.16. The molecule has 1 aliphatic heterocycles. The second-order valence-electron chi connectivity index (χ2n) is 6.34. The van der Waals surface area contributed by atoms with Gasteiger partial charge in [0.05, 0.1) is 13.2 Å². The predicted molar refractivity (Wildman–Crippen MR) is 82.9 cm³/mol. The minimum atomic E-state index is -1.16. The van der Waals surface area contributed by atoms with E-state index in [4.69, 9.17) is 16.3 Å². The van der Waals surface area contributed by atoms with Crippen LogP contribution in [0.3, 0.4) is 0 Å². The standard InChI is InChI=1S/C14H21ClN2O2Si/c1-20(2,3)9-8-19-14(18)17-7-6-12-11(10-17)4-5-13(15)16-12/h4-5H,6-10H2,1-3H3. The minimum Gasteiger partial charge on any atom is -0.450 e. The molecule has 110 valence electrons. The molecule has 2 rings (SSSR count). The minimum absolute atomic E-state index is 0.219. The van der Waals surface area contributed by atoms with Crippen LogP contribution in [0.5, 0.6) is 0 Å². The summed E-state index contributed by atoms with van der Waals surface area (Å²) in [4.78, 5) is 18.1. The highest BCUT2D eigenvalue weighted by molar-refractivity contribution is 6.76. The van der Waals surface area contributed by atoms with Gasteiger partial charge in [0, 0.05) is 26.7 Å². The molecule has 4 nitrogen and oxygen atoms in total. The lowest BCUT2D eigenvalue weighted by atomic mass is 10.1. The third kappa shape index (κ3) is 4.21. The van der Waals surface area contributed by atoms with E-state index in [0.717, 1.165) is 23.7 Å². The van der Waals surface area contributed by atoms with E-state index in [-0.39, 0.29) is 6.09 Å². The third-order valence-corrected chi connectivity index (χ3v) is 5.26. The average molecular weight is 313 g/mol. The molecule has 2 heterocycles. The molecule has 6 heteroatoms. The highest BCUT2D eigenvalue weighted by Gasteiger charge is 2.23. The molecule has 0 N–H and O–H groups in total. The molecule has 0 radical (unpaired) electrons. The lowest BCUT2D eigenvalue weighted by molar-refractivity contribution is 0.102. The van der Waals surface area contributed by atoms with Crippen molar-refractivity contribution in [3.8, 4) is 0 Å². The number of halogens is 1. The van der Waals surface area contributed by atoms with Gasteiger partial charge >= 0.3 is 6.09 Å². The molecule has 1 aromatic rings. The number of hydrogen-bond acceptors (Lipinski definition) is 3. The van der Waals surface area contributed by atoms with E-state index in [0.29, 0.717) is 24.8 Å². The fourth-order valence-corrected chi connectivity index (χ4v) is 2.96. The Hall–Kier alpha value is -1.07. The van der Waals surface area contributed by atoms with Crippen LogP contribution in [0.4, 0.5) is 4.79 Å². The van der Waals surface area contributed by atoms with Crippen molar-refractivity contribution in [2.45, 2.75) is 38.7 Å². The zero-order valence-electron chi connectivity index (χ0n) is 12.3. The Morgan fingerprint density at radius 1 is 1.45 bits per heavy atom. The van der Waals surface area contributed by atoms with Crippen LogP contribution in [0.15, 0.2) is 12.1 Å². The van der Waals surface area contributed by atoms with Crippen LogP contribution in [-0.2, 0) is 17.7 Å². The van der Waals surface area contributed by atoms with Crippen LogP contribution < -0.4 is 0 Å². The molecule has 0 spiro atoms. The summed E-state index contributed by atoms with van der Waals surface area (Å²) in [6.07, 6.45) is 0.516. The summed E-state index contributed by atoms with van der Waals surface area (Å²) in [6, 6.07) is 4.70. The van der Waals surface area contributed by atoms with E-state index in [1.54, 1.807) is 11.0 Å². The van der Waals surface area contributed by atoms with Crippen molar-refractivity contribution in [1.82, 2.24) is 9.88 Å². The van der Waals surface area contributed by atoms with Crippen LogP contribution in [-0.4, -0.2) is 37.2 Å². The molecular formula is C14H21ClN2O2Si. The zero-order valence-corrected chi connectivity index (χ0v) is 14.0. The number of fused-ring (bicyclic) bond motifs is 1. The molecule has 0 saturated carbocycles. The monoisotopic (exact) mass is 312 g/mol. The van der Waals surface area contributed by atoms with Gasteiger partial charge in [0.1, 0.15) is 5.15 Å². The summed E-state index contributed by atoms with van der Waals surface area (Å²) in [5.41, 5.74) is 2.05. The molecule has 0 aromatic carbocycles. The summed E-state index contributed by atoms with van der Waals surface area (Å²) >= 11 is 5.87. The molecule has 1 amide bonds. The molecular weight excluding hydrogens is 292 g/mol. The summed E-state index contributed by atoms with van der Waals surface area (Å²) in [5.74, 6) is 0. The first-order chi connectivity index (χ1) is 9.35. The van der Waals surface area contributed by atoms with Gasteiger partial charge in [-0.15, -0.1) is 0 Å². The highest BCUT2D eigenvalue weighted by atomic mass is 35.5. The Balaban J connectivity index is 1.89. The van der Waals surface area contributed by atoms with Crippen molar-refractivity contribution < 1.29 is 9.53 Å². The fourth-order valence-electron chi connectivity index (χ4n) is 2.08. The molecule has 20 heavy (non-hydrogen) atoms. The van der Waals surface area contributed by atoms with Gasteiger partial charge in [-0.2, -0.15) is 0 Å². The number of pyridine rings is 1. The largest absolute Gasteiger partial charge is 0.450 e. The van der Waals surface area contributed by atoms with Crippen molar-refractivity contribution in [1.29, 1.82) is 0 Å². The number of carbonyl (C=O) groups excluding carboxylic acids is 1. The van der Waals surface area contributed by atoms with Crippen molar-refractivity contribution in [2.24, 2.45) is 0 Å². The van der Waals surface area contributed by atoms with E-state index >= 15 is 0 Å². The number of hydrogen-bond donors (Lipinski definition) is 0. The van der Waals surface area contributed by atoms with E-state index in [1.807, 2.05) is 6.07 Å². The molecule has 1 aliphatic rings. The molecule has 0 saturated heterocycles. The maximum absolute atomic E-state index is 12.0. The normalized spacial score (nSPS) is 14.9. The predicted octanol–water partition coefficient (Wildman–Crippen LogP) is 3.57. The van der Waals surface area contributed by atoms with Gasteiger partial charge in [0.25, 0.3) is 0 Å². The van der Waals surface area contributed by atoms with Gasteiger partial charge in [-0.05, 0) is 17.7 Å². The highest BCUT2D eigenvalue weighted by Crippen LogP contribution is 2.20. The summed E-state index contributed by atoms with van der Waals surface area (Å²) < 4.78 is 5.37. The number of aromatic nitrogens is 1. The maximum atomic E-state index is 12.0. The second kappa shape index (κ2) is 6.14. The molecule has 0 aliphatic carbocycles. The first-order valence-electron chi connectivity index (χ1n) is 6.91. The quantitative estimate of drug-likeness (QED) is 0.633. The number of carbonyl (C=O) groups is 1. The van der Waals surface area contributed by atoms with Gasteiger partial charge in [-0.3, -0.25) is 0 Å². The first-order valence-corrected chi connectivity index (χ1v) is 11.0. The Kier molecular flexibility index (Phi) is 4.70. The van der Waals surface area contributed by atoms with Crippen LogP contribution in [0.2, 0.25) is 30.8 Å². The fraction of sp³-hybridized carbons (Fsp3) is 0.571. The molecule has 0 bridgehead atoms. The van der Waals surface area contributed by atoms with Gasteiger partial charge in [-0.25, -0.2) is 9.78 Å². The second-order valence-corrected chi connectivity index (χ2v) is 12.3. The third-order valence-electron chi connectivity index (χ3n) is 3.35. The van der Waals surface area contributed by atoms with E-state index in [1.165, 1.54) is 0 Å². The maximum Gasteiger partial charge on any atom is 0.410 e.